The van der Waals surface area contributed by atoms with Crippen LogP contribution in [0, 0.1) is 0 Å². The van der Waals surface area contributed by atoms with Gasteiger partial charge in [0.25, 0.3) is 5.91 Å². The van der Waals surface area contributed by atoms with Crippen molar-refractivity contribution in [2.24, 2.45) is 0 Å². The Kier molecular flexibility index (Phi) is 7.90. The van der Waals surface area contributed by atoms with Crippen LogP contribution < -0.4 is 9.46 Å². The van der Waals surface area contributed by atoms with Crippen LogP contribution in [0.4, 0.5) is 18.9 Å². The number of carbonyl (C=O) groups is 1. The lowest BCUT2D eigenvalue weighted by molar-refractivity contribution is -0.274. The molecule has 0 spiro atoms. The first-order chi connectivity index (χ1) is 14.7. The number of nitrogens with one attached hydrogen (secondary N) is 1. The highest BCUT2D eigenvalue weighted by molar-refractivity contribution is 8.00. The average Bonchev–Trinajstić information content (AvgIpc) is 2.72. The summed E-state index contributed by atoms with van der Waals surface area (Å²) in [5.41, 5.74) is 1.30. The molecule has 1 aromatic heterocycles. The number of ether oxygens (including phenoxy) is 1. The Morgan fingerprint density at radius 3 is 2.61 bits per heavy atom. The number of aromatic nitrogens is 1. The molecule has 1 N–H and O–H groups in total. The molecule has 0 atom stereocenters. The summed E-state index contributed by atoms with van der Waals surface area (Å²) in [6.07, 6.45) is -1.53. The molecule has 0 radical (unpaired) electrons. The van der Waals surface area contributed by atoms with Crippen LogP contribution in [-0.4, -0.2) is 59.0 Å². The second-order valence-corrected chi connectivity index (χ2v) is 8.38. The van der Waals surface area contributed by atoms with Gasteiger partial charge in [0.2, 0.25) is 0 Å². The summed E-state index contributed by atoms with van der Waals surface area (Å²) in [7, 11) is 0. The highest BCUT2D eigenvalue weighted by Gasteiger charge is 2.33. The predicted molar refractivity (Wildman–Crippen MR) is 115 cm³/mol. The molecule has 1 aliphatic heterocycles. The summed E-state index contributed by atoms with van der Waals surface area (Å²) in [4.78, 5) is 20.7. The number of anilines is 1. The van der Waals surface area contributed by atoms with Crippen LogP contribution in [0.2, 0.25) is 5.02 Å². The molecule has 2 heterocycles. The van der Waals surface area contributed by atoms with E-state index in [0.717, 1.165) is 11.6 Å². The first-order valence-corrected chi connectivity index (χ1v) is 11.0. The van der Waals surface area contributed by atoms with Crippen molar-refractivity contribution >= 4 is 35.1 Å². The zero-order valence-corrected chi connectivity index (χ0v) is 18.4. The molecule has 11 heteroatoms. The normalized spacial score (nSPS) is 15.1. The van der Waals surface area contributed by atoms with Gasteiger partial charge in [-0.3, -0.25) is 14.7 Å². The van der Waals surface area contributed by atoms with E-state index >= 15 is 0 Å². The Morgan fingerprint density at radius 1 is 1.23 bits per heavy atom. The van der Waals surface area contributed by atoms with E-state index in [1.807, 2.05) is 13.0 Å². The number of hydrogen-bond donors (Lipinski definition) is 1. The molecule has 2 aromatic rings. The number of piperazine rings is 1. The summed E-state index contributed by atoms with van der Waals surface area (Å²) in [5.74, 6) is -0.0982. The van der Waals surface area contributed by atoms with Gasteiger partial charge in [0, 0.05) is 56.4 Å². The third-order valence-electron chi connectivity index (χ3n) is 4.61. The minimum atomic E-state index is -4.85. The van der Waals surface area contributed by atoms with E-state index in [1.165, 1.54) is 24.1 Å². The number of rotatable bonds is 7. The van der Waals surface area contributed by atoms with Crippen molar-refractivity contribution in [1.29, 1.82) is 0 Å². The zero-order valence-electron chi connectivity index (χ0n) is 16.8. The van der Waals surface area contributed by atoms with Gasteiger partial charge in [0.1, 0.15) is 0 Å². The van der Waals surface area contributed by atoms with Gasteiger partial charge in [-0.15, -0.1) is 13.2 Å². The smallest absolute Gasteiger partial charge is 0.404 e. The Hall–Kier alpha value is -2.17. The molecule has 1 aromatic carbocycles. The van der Waals surface area contributed by atoms with E-state index in [0.29, 0.717) is 43.5 Å². The number of amides is 1. The molecule has 168 valence electrons. The largest absolute Gasteiger partial charge is 0.573 e. The zero-order chi connectivity index (χ0) is 22.4. The van der Waals surface area contributed by atoms with Crippen LogP contribution in [0.1, 0.15) is 22.8 Å². The molecule has 0 bridgehead atoms. The third kappa shape index (κ3) is 6.91. The highest BCUT2D eigenvalue weighted by Crippen LogP contribution is 2.33. The van der Waals surface area contributed by atoms with E-state index in [4.69, 9.17) is 11.6 Å². The van der Waals surface area contributed by atoms with Crippen LogP contribution in [0.5, 0.6) is 5.75 Å². The van der Waals surface area contributed by atoms with Gasteiger partial charge in [-0.2, -0.15) is 0 Å². The minimum absolute atomic E-state index is 0.152. The quantitative estimate of drug-likeness (QED) is 0.588. The second-order valence-electron chi connectivity index (χ2n) is 6.87. The maximum absolute atomic E-state index is 12.9. The third-order valence-corrected chi connectivity index (χ3v) is 5.47. The molecule has 31 heavy (non-hydrogen) atoms. The first-order valence-electron chi connectivity index (χ1n) is 9.64. The van der Waals surface area contributed by atoms with Crippen molar-refractivity contribution in [1.82, 2.24) is 14.8 Å². The van der Waals surface area contributed by atoms with Crippen molar-refractivity contribution < 1.29 is 22.7 Å². The molecule has 0 saturated carbocycles. The summed E-state index contributed by atoms with van der Waals surface area (Å²) >= 11 is 7.20. The van der Waals surface area contributed by atoms with Crippen LogP contribution in [0.3, 0.4) is 0 Å². The van der Waals surface area contributed by atoms with Crippen molar-refractivity contribution in [3.05, 3.63) is 52.8 Å². The fraction of sp³-hybridized carbons (Fsp3) is 0.400. The number of carbonyl (C=O) groups excluding carboxylic acids is 1. The highest BCUT2D eigenvalue weighted by atomic mass is 35.5. The monoisotopic (exact) mass is 474 g/mol. The second kappa shape index (κ2) is 10.4. The molecule has 6 nitrogen and oxygen atoms in total. The maximum atomic E-state index is 12.9. The Labute approximate surface area is 187 Å². The number of halogens is 4. The van der Waals surface area contributed by atoms with Crippen LogP contribution >= 0.6 is 23.5 Å². The van der Waals surface area contributed by atoms with Gasteiger partial charge in [-0.1, -0.05) is 30.5 Å². The fourth-order valence-corrected chi connectivity index (χ4v) is 3.86. The molecular formula is C20H22ClF3N4O2S. The lowest BCUT2D eigenvalue weighted by Gasteiger charge is -2.34. The lowest BCUT2D eigenvalue weighted by atomic mass is 10.1. The molecule has 1 amide bonds. The van der Waals surface area contributed by atoms with Crippen LogP contribution in [0.25, 0.3) is 0 Å². The topological polar surface area (TPSA) is 57.7 Å². The summed E-state index contributed by atoms with van der Waals surface area (Å²) in [5, 5.41) is 0.568. The summed E-state index contributed by atoms with van der Waals surface area (Å²) in [6, 6.07) is 5.92. The number of hydrogen-bond acceptors (Lipinski definition) is 6. The predicted octanol–water partition coefficient (Wildman–Crippen LogP) is 4.67. The average molecular weight is 475 g/mol. The lowest BCUT2D eigenvalue weighted by Crippen LogP contribution is -2.48. The van der Waals surface area contributed by atoms with Gasteiger partial charge in [0.05, 0.1) is 10.7 Å². The number of benzene rings is 1. The van der Waals surface area contributed by atoms with Crippen molar-refractivity contribution in [2.45, 2.75) is 19.8 Å². The van der Waals surface area contributed by atoms with E-state index < -0.39 is 12.1 Å². The van der Waals surface area contributed by atoms with Crippen molar-refractivity contribution in [2.75, 3.05) is 36.7 Å². The molecule has 1 saturated heterocycles. The van der Waals surface area contributed by atoms with Crippen LogP contribution in [0.15, 0.2) is 36.7 Å². The molecule has 1 fully saturated rings. The standard InChI is InChI=1S/C20H22ClF3N4O2S/c1-2-31-26-17-4-3-15(10-18(17)30-20(22,23)24)19(29)28-7-5-27(6-8-28)13-14-9-16(21)12-25-11-14/h3-4,9-12,26H,2,5-8,13H2,1H3. The Balaban J connectivity index is 1.65. The van der Waals surface area contributed by atoms with E-state index in [9.17, 15) is 18.0 Å². The first kappa shape index (κ1) is 23.5. The SMILES string of the molecule is CCSNc1ccc(C(=O)N2CCN(Cc3cncc(Cl)c3)CC2)cc1OC(F)(F)F. The van der Waals surface area contributed by atoms with Gasteiger partial charge in [-0.25, -0.2) is 0 Å². The molecule has 0 unspecified atom stereocenters. The van der Waals surface area contributed by atoms with E-state index in [-0.39, 0.29) is 17.2 Å². The van der Waals surface area contributed by atoms with E-state index in [2.05, 4.69) is 19.3 Å². The maximum Gasteiger partial charge on any atom is 0.573 e. The Morgan fingerprint density at radius 2 is 1.97 bits per heavy atom. The fourth-order valence-electron chi connectivity index (χ4n) is 3.19. The summed E-state index contributed by atoms with van der Waals surface area (Å²) < 4.78 is 45.4. The molecule has 0 aliphatic carbocycles. The Bertz CT molecular complexity index is 908. The van der Waals surface area contributed by atoms with E-state index in [1.54, 1.807) is 17.3 Å². The number of pyridine rings is 1. The van der Waals surface area contributed by atoms with Gasteiger partial charge < -0.3 is 14.4 Å². The molecule has 1 aliphatic rings. The van der Waals surface area contributed by atoms with Gasteiger partial charge >= 0.3 is 6.36 Å². The van der Waals surface area contributed by atoms with Crippen molar-refractivity contribution in [3.8, 4) is 5.75 Å². The van der Waals surface area contributed by atoms with Gasteiger partial charge in [0.15, 0.2) is 5.75 Å². The molecule has 3 rings (SSSR count). The number of alkyl halides is 3. The van der Waals surface area contributed by atoms with Crippen molar-refractivity contribution in [3.63, 3.8) is 0 Å². The van der Waals surface area contributed by atoms with Gasteiger partial charge in [-0.05, 0) is 29.8 Å². The molecular weight excluding hydrogens is 453 g/mol. The number of nitrogens with zero attached hydrogens (tertiary/aromatic N) is 3. The van der Waals surface area contributed by atoms with Crippen LogP contribution in [-0.2, 0) is 6.54 Å². The minimum Gasteiger partial charge on any atom is -0.404 e. The summed E-state index contributed by atoms with van der Waals surface area (Å²) in [6.45, 7) is 4.73.